The first kappa shape index (κ1) is 52.1. The first-order chi connectivity index (χ1) is 35.9. The van der Waals surface area contributed by atoms with E-state index in [0.717, 1.165) is 107 Å². The van der Waals surface area contributed by atoms with Crippen molar-refractivity contribution in [2.45, 2.75) is 118 Å². The Balaban J connectivity index is 0.000000184. The lowest BCUT2D eigenvalue weighted by Crippen LogP contribution is -2.35. The van der Waals surface area contributed by atoms with Gasteiger partial charge >= 0.3 is 0 Å². The molecule has 2 aliphatic heterocycles. The molecule has 0 amide bonds. The van der Waals surface area contributed by atoms with Gasteiger partial charge in [-0.2, -0.15) is 20.4 Å². The molecule has 0 spiro atoms. The zero-order valence-electron chi connectivity index (χ0n) is 44.3. The van der Waals surface area contributed by atoms with Gasteiger partial charge in [0.2, 0.25) is 0 Å². The van der Waals surface area contributed by atoms with E-state index in [1.54, 1.807) is 25.0 Å². The van der Waals surface area contributed by atoms with E-state index >= 15 is 0 Å². The monoisotopic (exact) mass is 1010 g/mol. The summed E-state index contributed by atoms with van der Waals surface area (Å²) in [4.78, 5) is 45.4. The molecule has 19 nitrogen and oxygen atoms in total. The van der Waals surface area contributed by atoms with Gasteiger partial charge in [0.05, 0.1) is 77.1 Å². The topological polar surface area (TPSA) is 217 Å². The Morgan fingerprint density at radius 3 is 1.60 bits per heavy atom. The number of aromatic nitrogens is 12. The number of β-amino-alcohol motifs (C(OH)–C–C–N with tert-alkyl or cyclic N) is 1. The van der Waals surface area contributed by atoms with Crippen LogP contribution in [0, 0.1) is 13.8 Å². The number of fused-ring (bicyclic) bond motifs is 2. The number of nitrogens with one attached hydrogen (secondary N) is 3. The third-order valence-corrected chi connectivity index (χ3v) is 13.5. The molecule has 0 fully saturated rings. The van der Waals surface area contributed by atoms with Crippen molar-refractivity contribution in [2.75, 3.05) is 36.9 Å². The normalized spacial score (nSPS) is 13.7. The SMILES string of the molecule is Cc1cc(-c2cc(Nc3cc4n(n3)CCN(CCO)C4)ncn2)ccc1CCC(=O)c1cnn(C(C)(C)C)c1.Cc1cc(-c2cc(Nc3cc4n(n3)CCNC4)ncn2)ccc1CCC(=O)c1cnn(C(C)(C)C)c1. The molecule has 4 N–H and O–H groups in total. The van der Waals surface area contributed by atoms with Gasteiger partial charge in [0.1, 0.15) is 24.3 Å². The molecule has 0 unspecified atom stereocenters. The summed E-state index contributed by atoms with van der Waals surface area (Å²) in [6.07, 6.45) is 12.4. The van der Waals surface area contributed by atoms with Gasteiger partial charge in [-0.15, -0.1) is 0 Å². The van der Waals surface area contributed by atoms with E-state index in [2.05, 4.69) is 147 Å². The first-order valence-corrected chi connectivity index (χ1v) is 25.7. The van der Waals surface area contributed by atoms with Crippen LogP contribution in [-0.4, -0.2) is 107 Å². The number of benzene rings is 2. The maximum absolute atomic E-state index is 12.8. The molecule has 8 heterocycles. The minimum atomic E-state index is -0.151. The number of hydrogen-bond donors (Lipinski definition) is 4. The number of Topliss-reactive ketones (excluding diaryl/α,β-unsaturated/α-hetero) is 2. The van der Waals surface area contributed by atoms with Crippen molar-refractivity contribution >= 4 is 34.8 Å². The number of hydrogen-bond acceptors (Lipinski definition) is 15. The molecule has 0 saturated heterocycles. The predicted molar refractivity (Wildman–Crippen MR) is 289 cm³/mol. The molecule has 2 aromatic carbocycles. The molecule has 390 valence electrons. The minimum Gasteiger partial charge on any atom is -0.395 e. The summed E-state index contributed by atoms with van der Waals surface area (Å²) < 4.78 is 7.69. The van der Waals surface area contributed by atoms with E-state index in [1.807, 2.05) is 61.5 Å². The zero-order valence-corrected chi connectivity index (χ0v) is 44.3. The van der Waals surface area contributed by atoms with Gasteiger partial charge in [-0.1, -0.05) is 24.3 Å². The molecule has 0 radical (unpaired) electrons. The lowest BCUT2D eigenvalue weighted by molar-refractivity contribution is 0.0974. The number of aliphatic hydroxyl groups excluding tert-OH is 1. The van der Waals surface area contributed by atoms with Crippen LogP contribution in [0.3, 0.4) is 0 Å². The van der Waals surface area contributed by atoms with Crippen LogP contribution in [0.2, 0.25) is 0 Å². The fourth-order valence-electron chi connectivity index (χ4n) is 9.12. The molecular weight excluding hydrogens is 945 g/mol. The fourth-order valence-corrected chi connectivity index (χ4v) is 9.12. The van der Waals surface area contributed by atoms with Gasteiger partial charge in [0.25, 0.3) is 0 Å². The highest BCUT2D eigenvalue weighted by molar-refractivity contribution is 5.96. The molecule has 10 rings (SSSR count). The standard InChI is InChI=1S/C29H36N8O2.C27H32N8O/c1-20-13-22(6-5-21(20)7-8-26(39)23-16-32-37(17-23)29(2,3)4)25-15-27(31-19-30-25)33-28-14-24-18-35(11-12-38)9-10-36(24)34-28;1-18-11-20(6-5-19(18)7-8-24(36)21-14-31-35(16-21)27(2,3)4)23-13-25(30-17-29-23)32-26-12-22-15-28-9-10-34(22)33-26/h5-6,13-17,19,38H,7-12,18H2,1-4H3,(H,30,31,33,34);5-6,11-14,16-17,28H,7-10,15H2,1-4H3,(H,29,30,32,33). The van der Waals surface area contributed by atoms with E-state index in [0.29, 0.717) is 55.0 Å². The Morgan fingerprint density at radius 1 is 0.627 bits per heavy atom. The molecular formula is C56H68N16O3. The fraction of sp³-hybridized carbons (Fsp3) is 0.393. The Kier molecular flexibility index (Phi) is 15.6. The van der Waals surface area contributed by atoms with Gasteiger partial charge in [-0.3, -0.25) is 33.2 Å². The van der Waals surface area contributed by atoms with Crippen molar-refractivity contribution in [2.24, 2.45) is 0 Å². The van der Waals surface area contributed by atoms with Gasteiger partial charge < -0.3 is 21.1 Å². The van der Waals surface area contributed by atoms with Crippen LogP contribution in [0.5, 0.6) is 0 Å². The van der Waals surface area contributed by atoms with Crippen LogP contribution in [0.1, 0.15) is 109 Å². The van der Waals surface area contributed by atoms with Crippen molar-refractivity contribution < 1.29 is 14.7 Å². The van der Waals surface area contributed by atoms with E-state index < -0.39 is 0 Å². The van der Waals surface area contributed by atoms with E-state index in [1.165, 1.54) is 0 Å². The average molecular weight is 1010 g/mol. The van der Waals surface area contributed by atoms with Crippen LogP contribution in [0.4, 0.5) is 23.3 Å². The molecule has 0 saturated carbocycles. The van der Waals surface area contributed by atoms with Gasteiger partial charge in [-0.25, -0.2) is 19.9 Å². The summed E-state index contributed by atoms with van der Waals surface area (Å²) in [6, 6.07) is 20.4. The Labute approximate surface area is 437 Å². The smallest absolute Gasteiger partial charge is 0.166 e. The highest BCUT2D eigenvalue weighted by atomic mass is 16.3. The third kappa shape index (κ3) is 13.0. The number of aryl methyl sites for hydroxylation is 4. The maximum atomic E-state index is 12.8. The highest BCUT2D eigenvalue weighted by Crippen LogP contribution is 2.28. The highest BCUT2D eigenvalue weighted by Gasteiger charge is 2.21. The van der Waals surface area contributed by atoms with Crippen LogP contribution in [0.15, 0.2) is 98.1 Å². The molecule has 0 aliphatic carbocycles. The van der Waals surface area contributed by atoms with Gasteiger partial charge in [0, 0.05) is 93.4 Å². The molecule has 2 aliphatic rings. The molecule has 19 heteroatoms. The van der Waals surface area contributed by atoms with Gasteiger partial charge in [-0.05, 0) is 103 Å². The number of anilines is 4. The van der Waals surface area contributed by atoms with E-state index in [9.17, 15) is 14.7 Å². The van der Waals surface area contributed by atoms with Gasteiger partial charge in [0.15, 0.2) is 23.2 Å². The summed E-state index contributed by atoms with van der Waals surface area (Å²) in [7, 11) is 0. The third-order valence-electron chi connectivity index (χ3n) is 13.5. The summed E-state index contributed by atoms with van der Waals surface area (Å²) in [6.45, 7) is 22.4. The number of carbonyl (C=O) groups excluding carboxylic acids is 2. The van der Waals surface area contributed by atoms with Crippen molar-refractivity contribution in [3.8, 4) is 22.5 Å². The molecule has 8 aromatic rings. The van der Waals surface area contributed by atoms with E-state index in [-0.39, 0.29) is 29.3 Å². The number of rotatable bonds is 16. The van der Waals surface area contributed by atoms with Crippen LogP contribution in [0.25, 0.3) is 22.5 Å². The number of nitrogens with zero attached hydrogens (tertiary/aromatic N) is 13. The first-order valence-electron chi connectivity index (χ1n) is 25.7. The minimum absolute atomic E-state index is 0.0996. The van der Waals surface area contributed by atoms with E-state index in [4.69, 9.17) is 0 Å². The molecule has 0 bridgehead atoms. The molecule has 0 atom stereocenters. The Morgan fingerprint density at radius 2 is 1.13 bits per heavy atom. The van der Waals surface area contributed by atoms with Crippen molar-refractivity contribution in [1.29, 1.82) is 0 Å². The van der Waals surface area contributed by atoms with Crippen molar-refractivity contribution in [3.05, 3.63) is 143 Å². The molecule has 6 aromatic heterocycles. The lowest BCUT2D eigenvalue weighted by Gasteiger charge is -2.26. The van der Waals surface area contributed by atoms with Crippen LogP contribution < -0.4 is 16.0 Å². The lowest BCUT2D eigenvalue weighted by atomic mass is 9.98. The molecule has 75 heavy (non-hydrogen) atoms. The predicted octanol–water partition coefficient (Wildman–Crippen LogP) is 8.23. The number of aliphatic hydroxyl groups is 1. The summed E-state index contributed by atoms with van der Waals surface area (Å²) in [5.41, 5.74) is 11.5. The Bertz CT molecular complexity index is 3270. The second-order valence-electron chi connectivity index (χ2n) is 21.3. The number of ketones is 2. The largest absolute Gasteiger partial charge is 0.395 e. The Hall–Kier alpha value is -7.74. The summed E-state index contributed by atoms with van der Waals surface area (Å²) >= 11 is 0. The maximum Gasteiger partial charge on any atom is 0.166 e. The zero-order chi connectivity index (χ0) is 52.9. The number of carbonyl (C=O) groups is 2. The summed E-state index contributed by atoms with van der Waals surface area (Å²) in [5, 5.41) is 37.2. The van der Waals surface area contributed by atoms with Crippen LogP contribution in [-0.2, 0) is 50.1 Å². The van der Waals surface area contributed by atoms with Crippen LogP contribution >= 0.6 is 0 Å². The summed E-state index contributed by atoms with van der Waals surface area (Å²) in [5.74, 6) is 3.10. The second-order valence-corrected chi connectivity index (χ2v) is 21.3. The van der Waals surface area contributed by atoms with Crippen molar-refractivity contribution in [1.82, 2.24) is 69.3 Å². The quantitative estimate of drug-likeness (QED) is 0.0671. The second kappa shape index (κ2) is 22.4. The average Bonchev–Trinajstić information content (AvgIpc) is 4.23. The van der Waals surface area contributed by atoms with Crippen molar-refractivity contribution in [3.63, 3.8) is 0 Å².